The molecule has 1 heterocycles. The second-order valence-electron chi connectivity index (χ2n) is 2.63. The van der Waals surface area contributed by atoms with Crippen LogP contribution < -0.4 is 11.1 Å². The Morgan fingerprint density at radius 2 is 2.38 bits per heavy atom. The number of nitrogens with two attached hydrogens (primary N) is 1. The minimum Gasteiger partial charge on any atom is -0.329 e. The Labute approximate surface area is 77.4 Å². The van der Waals surface area contributed by atoms with E-state index in [0.29, 0.717) is 12.2 Å². The normalized spacial score (nSPS) is 9.54. The number of nitriles is 1. The second kappa shape index (κ2) is 5.25. The van der Waals surface area contributed by atoms with Crippen LogP contribution in [0.25, 0.3) is 0 Å². The molecule has 0 radical (unpaired) electrons. The first kappa shape index (κ1) is 9.65. The van der Waals surface area contributed by atoms with E-state index in [1.165, 1.54) is 0 Å². The monoisotopic (exact) mass is 176 g/mol. The number of rotatable bonds is 4. The molecule has 0 unspecified atom stereocenters. The highest BCUT2D eigenvalue weighted by Crippen LogP contribution is 1.98. The van der Waals surface area contributed by atoms with Gasteiger partial charge in [-0.3, -0.25) is 0 Å². The molecule has 0 aliphatic heterocycles. The van der Waals surface area contributed by atoms with Gasteiger partial charge in [-0.25, -0.2) is 4.98 Å². The predicted octanol–water partition coefficient (Wildman–Crippen LogP) is 0.00158. The summed E-state index contributed by atoms with van der Waals surface area (Å²) in [7, 11) is 0. The van der Waals surface area contributed by atoms with Gasteiger partial charge in [-0.2, -0.15) is 5.26 Å². The van der Waals surface area contributed by atoms with E-state index in [9.17, 15) is 0 Å². The van der Waals surface area contributed by atoms with E-state index in [1.54, 1.807) is 12.3 Å². The van der Waals surface area contributed by atoms with Gasteiger partial charge in [0.25, 0.3) is 0 Å². The molecule has 0 aliphatic carbocycles. The molecule has 68 valence electrons. The molecule has 0 aliphatic rings. The van der Waals surface area contributed by atoms with Gasteiger partial charge < -0.3 is 11.1 Å². The highest BCUT2D eigenvalue weighted by atomic mass is 14.9. The van der Waals surface area contributed by atoms with E-state index < -0.39 is 0 Å². The third-order valence-electron chi connectivity index (χ3n) is 1.59. The summed E-state index contributed by atoms with van der Waals surface area (Å²) < 4.78 is 0. The van der Waals surface area contributed by atoms with E-state index in [2.05, 4.69) is 10.3 Å². The maximum atomic E-state index is 8.50. The summed E-state index contributed by atoms with van der Waals surface area (Å²) in [6.45, 7) is 2.17. The van der Waals surface area contributed by atoms with Gasteiger partial charge in [0.05, 0.1) is 0 Å². The van der Waals surface area contributed by atoms with Crippen LogP contribution in [0, 0.1) is 11.3 Å². The van der Waals surface area contributed by atoms with Crippen molar-refractivity contribution in [2.45, 2.75) is 6.54 Å². The first-order chi connectivity index (χ1) is 6.36. The first-order valence-corrected chi connectivity index (χ1v) is 4.12. The molecule has 13 heavy (non-hydrogen) atoms. The van der Waals surface area contributed by atoms with Gasteiger partial charge >= 0.3 is 0 Å². The molecule has 0 saturated carbocycles. The Kier molecular flexibility index (Phi) is 3.89. The van der Waals surface area contributed by atoms with Crippen LogP contribution in [0.4, 0.5) is 0 Å². The lowest BCUT2D eigenvalue weighted by Crippen LogP contribution is -2.21. The highest BCUT2D eigenvalue weighted by Gasteiger charge is 1.93. The zero-order chi connectivity index (χ0) is 9.52. The Balaban J connectivity index is 2.46. The molecule has 0 bridgehead atoms. The number of nitrogens with zero attached hydrogens (tertiary/aromatic N) is 2. The molecule has 0 spiro atoms. The lowest BCUT2D eigenvalue weighted by Gasteiger charge is -2.01. The van der Waals surface area contributed by atoms with Crippen molar-refractivity contribution in [3.63, 3.8) is 0 Å². The molecule has 0 fully saturated rings. The summed E-state index contributed by atoms with van der Waals surface area (Å²) in [5.74, 6) is 0. The van der Waals surface area contributed by atoms with Crippen molar-refractivity contribution < 1.29 is 0 Å². The molecule has 0 aromatic carbocycles. The summed E-state index contributed by atoms with van der Waals surface area (Å²) >= 11 is 0. The maximum absolute atomic E-state index is 8.50. The number of nitrogens with one attached hydrogen (secondary N) is 1. The molecule has 1 aromatic heterocycles. The lowest BCUT2D eigenvalue weighted by atomic mass is 10.2. The zero-order valence-corrected chi connectivity index (χ0v) is 7.33. The van der Waals surface area contributed by atoms with Crippen LogP contribution in [0.2, 0.25) is 0 Å². The fourth-order valence-corrected chi connectivity index (χ4v) is 0.930. The van der Waals surface area contributed by atoms with Gasteiger partial charge in [0.15, 0.2) is 0 Å². The van der Waals surface area contributed by atoms with Gasteiger partial charge in [0.1, 0.15) is 11.8 Å². The fraction of sp³-hybridized carbons (Fsp3) is 0.333. The SMILES string of the molecule is N#Cc1ccc(CNCCN)cn1. The minimum absolute atomic E-state index is 0.447. The zero-order valence-electron chi connectivity index (χ0n) is 7.33. The van der Waals surface area contributed by atoms with Gasteiger partial charge in [-0.15, -0.1) is 0 Å². The molecular formula is C9H12N4. The smallest absolute Gasteiger partial charge is 0.140 e. The van der Waals surface area contributed by atoms with Crippen molar-refractivity contribution >= 4 is 0 Å². The van der Waals surface area contributed by atoms with Crippen LogP contribution in [0.15, 0.2) is 18.3 Å². The Hall–Kier alpha value is -1.44. The van der Waals surface area contributed by atoms with Crippen LogP contribution in [0.1, 0.15) is 11.3 Å². The van der Waals surface area contributed by atoms with Crippen LogP contribution >= 0.6 is 0 Å². The molecule has 1 rings (SSSR count). The Morgan fingerprint density at radius 3 is 2.92 bits per heavy atom. The number of hydrogen-bond donors (Lipinski definition) is 2. The molecule has 1 aromatic rings. The van der Waals surface area contributed by atoms with Gasteiger partial charge in [-0.1, -0.05) is 6.07 Å². The van der Waals surface area contributed by atoms with Crippen LogP contribution in [0.5, 0.6) is 0 Å². The number of hydrogen-bond acceptors (Lipinski definition) is 4. The van der Waals surface area contributed by atoms with Crippen molar-refractivity contribution in [3.8, 4) is 6.07 Å². The average Bonchev–Trinajstić information content (AvgIpc) is 2.19. The lowest BCUT2D eigenvalue weighted by molar-refractivity contribution is 0.693. The molecule has 3 N–H and O–H groups in total. The summed E-state index contributed by atoms with van der Waals surface area (Å²) in [6.07, 6.45) is 1.70. The number of pyridine rings is 1. The molecule has 0 saturated heterocycles. The molecule has 4 heteroatoms. The minimum atomic E-state index is 0.447. The van der Waals surface area contributed by atoms with Crippen LogP contribution in [-0.4, -0.2) is 18.1 Å². The Bertz CT molecular complexity index is 285. The van der Waals surface area contributed by atoms with Crippen molar-refractivity contribution in [2.24, 2.45) is 5.73 Å². The fourth-order valence-electron chi connectivity index (χ4n) is 0.930. The van der Waals surface area contributed by atoms with Crippen LogP contribution in [0.3, 0.4) is 0 Å². The van der Waals surface area contributed by atoms with E-state index in [4.69, 9.17) is 11.0 Å². The molecular weight excluding hydrogens is 164 g/mol. The van der Waals surface area contributed by atoms with E-state index in [0.717, 1.165) is 18.7 Å². The summed E-state index contributed by atoms with van der Waals surface area (Å²) in [4.78, 5) is 3.94. The average molecular weight is 176 g/mol. The maximum Gasteiger partial charge on any atom is 0.140 e. The first-order valence-electron chi connectivity index (χ1n) is 4.12. The largest absolute Gasteiger partial charge is 0.329 e. The van der Waals surface area contributed by atoms with Crippen molar-refractivity contribution in [3.05, 3.63) is 29.6 Å². The topological polar surface area (TPSA) is 74.7 Å². The summed E-state index contributed by atoms with van der Waals surface area (Å²) in [5.41, 5.74) is 6.83. The van der Waals surface area contributed by atoms with E-state index >= 15 is 0 Å². The summed E-state index contributed by atoms with van der Waals surface area (Å²) in [5, 5.41) is 11.6. The summed E-state index contributed by atoms with van der Waals surface area (Å²) in [6, 6.07) is 5.56. The van der Waals surface area contributed by atoms with Crippen LogP contribution in [-0.2, 0) is 6.54 Å². The van der Waals surface area contributed by atoms with Gasteiger partial charge in [0, 0.05) is 25.8 Å². The molecule has 0 amide bonds. The molecule has 4 nitrogen and oxygen atoms in total. The van der Waals surface area contributed by atoms with E-state index in [-0.39, 0.29) is 0 Å². The second-order valence-corrected chi connectivity index (χ2v) is 2.63. The number of aromatic nitrogens is 1. The van der Waals surface area contributed by atoms with Crippen molar-refractivity contribution in [2.75, 3.05) is 13.1 Å². The quantitative estimate of drug-likeness (QED) is 0.633. The third kappa shape index (κ3) is 3.20. The van der Waals surface area contributed by atoms with E-state index in [1.807, 2.05) is 12.1 Å². The third-order valence-corrected chi connectivity index (χ3v) is 1.59. The highest BCUT2D eigenvalue weighted by molar-refractivity contribution is 5.22. The standard InChI is InChI=1S/C9H12N4/c10-3-4-12-6-8-1-2-9(5-11)13-7-8/h1-2,7,12H,3-4,6,10H2. The Morgan fingerprint density at radius 1 is 1.54 bits per heavy atom. The van der Waals surface area contributed by atoms with Gasteiger partial charge in [0.2, 0.25) is 0 Å². The predicted molar refractivity (Wildman–Crippen MR) is 49.7 cm³/mol. The molecule has 0 atom stereocenters. The van der Waals surface area contributed by atoms with Crippen molar-refractivity contribution in [1.82, 2.24) is 10.3 Å². The van der Waals surface area contributed by atoms with Crippen molar-refractivity contribution in [1.29, 1.82) is 5.26 Å². The van der Waals surface area contributed by atoms with Gasteiger partial charge in [-0.05, 0) is 11.6 Å².